The summed E-state index contributed by atoms with van der Waals surface area (Å²) >= 11 is 0. The largest absolute Gasteiger partial charge is 0.460 e. The maximum absolute atomic E-state index is 14.9. The van der Waals surface area contributed by atoms with Crippen LogP contribution >= 0.6 is 0 Å². The highest BCUT2D eigenvalue weighted by Crippen LogP contribution is 2.61. The van der Waals surface area contributed by atoms with Gasteiger partial charge >= 0.3 is 35.8 Å². The van der Waals surface area contributed by atoms with Gasteiger partial charge in [-0.05, 0) is 12.0 Å². The van der Waals surface area contributed by atoms with Gasteiger partial charge in [-0.15, -0.1) is 0 Å². The number of alkyl halides is 13. The van der Waals surface area contributed by atoms with Crippen molar-refractivity contribution in [1.29, 1.82) is 0 Å². The van der Waals surface area contributed by atoms with Gasteiger partial charge in [0.05, 0.1) is 6.04 Å². The summed E-state index contributed by atoms with van der Waals surface area (Å²) in [5.41, 5.74) is -0.118. The van der Waals surface area contributed by atoms with Gasteiger partial charge in [-0.25, -0.2) is 0 Å². The van der Waals surface area contributed by atoms with E-state index >= 15 is 0 Å². The van der Waals surface area contributed by atoms with Gasteiger partial charge in [-0.1, -0.05) is 30.3 Å². The second-order valence-corrected chi connectivity index (χ2v) is 7.41. The van der Waals surface area contributed by atoms with E-state index in [0.717, 1.165) is 12.1 Å². The summed E-state index contributed by atoms with van der Waals surface area (Å²) in [5.74, 6) is -36.9. The van der Waals surface area contributed by atoms with Crippen molar-refractivity contribution in [3.63, 3.8) is 0 Å². The number of rotatable bonds is 8. The van der Waals surface area contributed by atoms with Gasteiger partial charge in [0.15, 0.2) is 0 Å². The van der Waals surface area contributed by atoms with E-state index in [1.54, 1.807) is 0 Å². The molecule has 0 radical (unpaired) electrons. The lowest BCUT2D eigenvalue weighted by atomic mass is 9.87. The van der Waals surface area contributed by atoms with Crippen LogP contribution in [0, 0.1) is 0 Å². The van der Waals surface area contributed by atoms with E-state index in [2.05, 4.69) is 5.32 Å². The number of nitrogens with zero attached hydrogens (tertiary/aromatic N) is 1. The quantitative estimate of drug-likeness (QED) is 0.484. The third-order valence-electron chi connectivity index (χ3n) is 5.24. The zero-order valence-electron chi connectivity index (χ0n) is 16.4. The number of nitrogens with one attached hydrogen (secondary N) is 1. The first-order chi connectivity index (χ1) is 14.8. The van der Waals surface area contributed by atoms with Crippen LogP contribution in [0.2, 0.25) is 0 Å². The average Bonchev–Trinajstić information content (AvgIpc) is 2.72. The maximum atomic E-state index is 14.9. The van der Waals surface area contributed by atoms with E-state index in [4.69, 9.17) is 0 Å². The van der Waals surface area contributed by atoms with Crippen molar-refractivity contribution in [2.75, 3.05) is 26.2 Å². The van der Waals surface area contributed by atoms with Crippen LogP contribution in [0.25, 0.3) is 0 Å². The SMILES string of the molecule is FC(F)(F)C(F)(F)C(F)(F)C(F)(F)C(F)(F)C(F)(F)C(Cc1ccccc1)N1CCNCC1. The molecule has 2 rings (SSSR count). The van der Waals surface area contributed by atoms with Crippen LogP contribution < -0.4 is 5.32 Å². The van der Waals surface area contributed by atoms with Crippen LogP contribution in [0.3, 0.4) is 0 Å². The lowest BCUT2D eigenvalue weighted by molar-refractivity contribution is -0.442. The molecule has 33 heavy (non-hydrogen) atoms. The molecule has 1 aliphatic heterocycles. The topological polar surface area (TPSA) is 15.3 Å². The third-order valence-corrected chi connectivity index (χ3v) is 5.24. The van der Waals surface area contributed by atoms with Crippen molar-refractivity contribution in [2.24, 2.45) is 0 Å². The number of benzene rings is 1. The second-order valence-electron chi connectivity index (χ2n) is 7.41. The minimum atomic E-state index is -7.90. The zero-order chi connectivity index (χ0) is 25.5. The van der Waals surface area contributed by atoms with E-state index in [-0.39, 0.29) is 18.7 Å². The zero-order valence-corrected chi connectivity index (χ0v) is 16.4. The molecule has 1 saturated heterocycles. The summed E-state index contributed by atoms with van der Waals surface area (Å²) in [6, 6.07) is 3.27. The molecule has 1 aliphatic rings. The molecule has 0 saturated carbocycles. The monoisotopic (exact) mass is 508 g/mol. The minimum Gasteiger partial charge on any atom is -0.314 e. The summed E-state index contributed by atoms with van der Waals surface area (Å²) in [7, 11) is 0. The molecule has 1 aromatic rings. The fourth-order valence-electron chi connectivity index (χ4n) is 3.31. The Bertz CT molecular complexity index is 786. The van der Waals surface area contributed by atoms with Gasteiger partial charge in [-0.2, -0.15) is 57.1 Å². The van der Waals surface area contributed by atoms with E-state index in [1.165, 1.54) is 18.2 Å². The average molecular weight is 508 g/mol. The number of halogens is 13. The van der Waals surface area contributed by atoms with Crippen molar-refractivity contribution >= 4 is 0 Å². The van der Waals surface area contributed by atoms with Gasteiger partial charge in [0.25, 0.3) is 0 Å². The highest BCUT2D eigenvalue weighted by atomic mass is 19.4. The van der Waals surface area contributed by atoms with Crippen LogP contribution in [0.1, 0.15) is 5.56 Å². The molecule has 15 heteroatoms. The van der Waals surface area contributed by atoms with Crippen LogP contribution in [-0.4, -0.2) is 72.9 Å². The van der Waals surface area contributed by atoms with Crippen molar-refractivity contribution < 1.29 is 57.1 Å². The van der Waals surface area contributed by atoms with Crippen LogP contribution in [0.4, 0.5) is 57.1 Å². The Morgan fingerprint density at radius 1 is 0.667 bits per heavy atom. The molecule has 0 aliphatic carbocycles. The Labute approximate surface area is 178 Å². The molecule has 2 nitrogen and oxygen atoms in total. The van der Waals surface area contributed by atoms with Crippen molar-refractivity contribution in [2.45, 2.75) is 48.3 Å². The molecular weight excluding hydrogens is 491 g/mol. The fourth-order valence-corrected chi connectivity index (χ4v) is 3.31. The molecule has 0 spiro atoms. The minimum absolute atomic E-state index is 0.0916. The summed E-state index contributed by atoms with van der Waals surface area (Å²) in [6.07, 6.45) is -8.53. The van der Waals surface area contributed by atoms with E-state index in [1.807, 2.05) is 0 Å². The van der Waals surface area contributed by atoms with Gasteiger partial charge < -0.3 is 5.32 Å². The fraction of sp³-hybridized carbons (Fsp3) is 0.667. The summed E-state index contributed by atoms with van der Waals surface area (Å²) < 4.78 is 177. The van der Waals surface area contributed by atoms with E-state index in [0.29, 0.717) is 4.90 Å². The van der Waals surface area contributed by atoms with Gasteiger partial charge in [-0.3, -0.25) is 4.90 Å². The second kappa shape index (κ2) is 8.78. The molecule has 1 unspecified atom stereocenters. The number of piperazine rings is 1. The van der Waals surface area contributed by atoms with E-state index < -0.39 is 61.3 Å². The molecule has 1 heterocycles. The first kappa shape index (κ1) is 27.5. The lowest BCUT2D eigenvalue weighted by Crippen LogP contribution is -2.73. The van der Waals surface area contributed by atoms with Crippen LogP contribution in [0.15, 0.2) is 30.3 Å². The van der Waals surface area contributed by atoms with Crippen LogP contribution in [-0.2, 0) is 6.42 Å². The summed E-state index contributed by atoms with van der Waals surface area (Å²) in [6.45, 7) is -1.06. The van der Waals surface area contributed by atoms with Crippen molar-refractivity contribution in [1.82, 2.24) is 10.2 Å². The molecule has 190 valence electrons. The molecule has 1 aromatic carbocycles. The standard InChI is InChI=1S/C18H17F13N2/c19-13(20,12(33-8-6-32-7-9-33)10-11-4-2-1-3-5-11)14(21,22)15(23,24)16(25,26)17(27,28)18(29,30)31/h1-5,12,32H,6-10H2. The Morgan fingerprint density at radius 3 is 1.58 bits per heavy atom. The lowest BCUT2D eigenvalue weighted by Gasteiger charge is -2.45. The number of hydrogen-bond acceptors (Lipinski definition) is 2. The molecular formula is C18H17F13N2. The van der Waals surface area contributed by atoms with E-state index in [9.17, 15) is 57.1 Å². The Hall–Kier alpha value is -1.77. The Kier molecular flexibility index (Phi) is 7.31. The van der Waals surface area contributed by atoms with Gasteiger partial charge in [0.1, 0.15) is 0 Å². The summed E-state index contributed by atoms with van der Waals surface area (Å²) in [4.78, 5) is 0.563. The highest BCUT2D eigenvalue weighted by molar-refractivity contribution is 5.19. The molecule has 1 atom stereocenters. The Balaban J connectivity index is 2.56. The third kappa shape index (κ3) is 4.49. The number of hydrogen-bond donors (Lipinski definition) is 1. The molecule has 0 aromatic heterocycles. The normalized spacial score (nSPS) is 18.9. The maximum Gasteiger partial charge on any atom is 0.460 e. The first-order valence-electron chi connectivity index (χ1n) is 9.27. The predicted octanol–water partition coefficient (Wildman–Crippen LogP) is 5.24. The first-order valence-corrected chi connectivity index (χ1v) is 9.27. The van der Waals surface area contributed by atoms with Crippen molar-refractivity contribution in [3.05, 3.63) is 35.9 Å². The molecule has 1 fully saturated rings. The van der Waals surface area contributed by atoms with Crippen LogP contribution in [0.5, 0.6) is 0 Å². The van der Waals surface area contributed by atoms with Gasteiger partial charge in [0, 0.05) is 26.2 Å². The Morgan fingerprint density at radius 2 is 1.12 bits per heavy atom. The molecule has 0 bridgehead atoms. The smallest absolute Gasteiger partial charge is 0.314 e. The highest BCUT2D eigenvalue weighted by Gasteiger charge is 2.91. The van der Waals surface area contributed by atoms with Crippen molar-refractivity contribution in [3.8, 4) is 0 Å². The molecule has 1 N–H and O–H groups in total. The predicted molar refractivity (Wildman–Crippen MR) is 89.2 cm³/mol. The van der Waals surface area contributed by atoms with Gasteiger partial charge in [0.2, 0.25) is 0 Å². The molecule has 0 amide bonds. The summed E-state index contributed by atoms with van der Waals surface area (Å²) in [5, 5.41) is 2.65.